The third-order valence-electron chi connectivity index (χ3n) is 11.8. The van der Waals surface area contributed by atoms with Gasteiger partial charge in [0.25, 0.3) is 0 Å². The van der Waals surface area contributed by atoms with Crippen molar-refractivity contribution in [1.29, 1.82) is 0 Å². The lowest BCUT2D eigenvalue weighted by Gasteiger charge is -2.41. The van der Waals surface area contributed by atoms with Crippen molar-refractivity contribution in [1.82, 2.24) is 0 Å². The summed E-state index contributed by atoms with van der Waals surface area (Å²) < 4.78 is 33.6. The highest BCUT2D eigenvalue weighted by Gasteiger charge is 2.51. The first-order valence-corrected chi connectivity index (χ1v) is 26.6. The van der Waals surface area contributed by atoms with E-state index in [9.17, 15) is 44.6 Å². The molecule has 1 aliphatic carbocycles. The molecule has 0 aliphatic heterocycles. The number of hydrogen-bond acceptors (Lipinski definition) is 12. The first kappa shape index (κ1) is 59.3. The van der Waals surface area contributed by atoms with E-state index in [0.29, 0.717) is 12.8 Å². The second-order valence-electron chi connectivity index (χ2n) is 17.7. The monoisotopic (exact) mass is 919 g/mol. The number of hydrogen-bond donors (Lipinski definition) is 6. The Morgan fingerprint density at radius 2 is 0.810 bits per heavy atom. The lowest BCUT2D eigenvalue weighted by molar-refractivity contribution is -0.220. The van der Waals surface area contributed by atoms with Crippen LogP contribution in [0.1, 0.15) is 219 Å². The molecule has 6 N–H and O–H groups in total. The van der Waals surface area contributed by atoms with Gasteiger partial charge in [-0.05, 0) is 64.2 Å². The van der Waals surface area contributed by atoms with E-state index in [0.717, 1.165) is 70.6 Å². The van der Waals surface area contributed by atoms with Crippen molar-refractivity contribution in [2.45, 2.75) is 262 Å². The molecule has 0 radical (unpaired) electrons. The van der Waals surface area contributed by atoms with Crippen molar-refractivity contribution in [3.63, 3.8) is 0 Å². The summed E-state index contributed by atoms with van der Waals surface area (Å²) in [5.41, 5.74) is 0. The fourth-order valence-electron chi connectivity index (χ4n) is 7.69. The molecule has 1 fully saturated rings. The average Bonchev–Trinajstić information content (AvgIpc) is 3.26. The molecule has 6 atom stereocenters. The lowest BCUT2D eigenvalue weighted by atomic mass is 9.85. The van der Waals surface area contributed by atoms with E-state index in [1.165, 1.54) is 109 Å². The molecule has 14 heteroatoms. The largest absolute Gasteiger partial charge is 0.472 e. The third kappa shape index (κ3) is 31.8. The van der Waals surface area contributed by atoms with E-state index in [1.54, 1.807) is 0 Å². The van der Waals surface area contributed by atoms with Gasteiger partial charge in [-0.25, -0.2) is 4.57 Å². The number of phosphoric acid groups is 1. The predicted octanol–water partition coefficient (Wildman–Crippen LogP) is 10.4. The van der Waals surface area contributed by atoms with Crippen LogP contribution in [0.5, 0.6) is 0 Å². The zero-order chi connectivity index (χ0) is 46.4. The van der Waals surface area contributed by atoms with E-state index in [2.05, 4.69) is 38.2 Å². The molecule has 0 aromatic carbocycles. The Labute approximate surface area is 381 Å². The maximum absolute atomic E-state index is 12.8. The topological polar surface area (TPSA) is 210 Å². The van der Waals surface area contributed by atoms with Gasteiger partial charge in [-0.2, -0.15) is 0 Å². The van der Waals surface area contributed by atoms with Crippen LogP contribution in [0.4, 0.5) is 0 Å². The molecule has 1 aliphatic rings. The summed E-state index contributed by atoms with van der Waals surface area (Å²) in [6.45, 7) is 3.29. The maximum atomic E-state index is 12.8. The van der Waals surface area contributed by atoms with Crippen molar-refractivity contribution in [3.8, 4) is 0 Å². The first-order chi connectivity index (χ1) is 30.4. The van der Waals surface area contributed by atoms with Crippen LogP contribution < -0.4 is 0 Å². The van der Waals surface area contributed by atoms with Gasteiger partial charge in [-0.15, -0.1) is 0 Å². The first-order valence-electron chi connectivity index (χ1n) is 25.1. The Bertz CT molecular complexity index is 1200. The molecule has 6 unspecified atom stereocenters. The second kappa shape index (κ2) is 39.5. The number of carbonyl (C=O) groups excluding carboxylic acids is 2. The number of unbranched alkanes of at least 4 members (excludes halogenated alkanes) is 26. The molecule has 0 spiro atoms. The van der Waals surface area contributed by atoms with E-state index < -0.39 is 75.7 Å². The highest BCUT2D eigenvalue weighted by molar-refractivity contribution is 7.47. The smallest absolute Gasteiger partial charge is 0.462 e. The summed E-state index contributed by atoms with van der Waals surface area (Å²) in [7, 11) is -5.12. The minimum absolute atomic E-state index is 0.0949. The van der Waals surface area contributed by atoms with Gasteiger partial charge in [0.1, 0.15) is 43.2 Å². The molecular formula is C49H91O13P. The predicted molar refractivity (Wildman–Crippen MR) is 249 cm³/mol. The summed E-state index contributed by atoms with van der Waals surface area (Å²) in [6, 6.07) is 0. The minimum Gasteiger partial charge on any atom is -0.462 e. The molecule has 13 nitrogen and oxygen atoms in total. The van der Waals surface area contributed by atoms with Gasteiger partial charge in [0.2, 0.25) is 0 Å². The number of aliphatic hydroxyl groups excluding tert-OH is 5. The zero-order valence-corrected chi connectivity index (χ0v) is 40.3. The summed E-state index contributed by atoms with van der Waals surface area (Å²) in [5.74, 6) is -1.11. The number of ether oxygens (including phenoxy) is 2. The van der Waals surface area contributed by atoms with Gasteiger partial charge >= 0.3 is 19.8 Å². The average molecular weight is 919 g/mol. The Morgan fingerprint density at radius 3 is 1.22 bits per heavy atom. The Hall–Kier alpha value is -1.67. The summed E-state index contributed by atoms with van der Waals surface area (Å²) >= 11 is 0. The summed E-state index contributed by atoms with van der Waals surface area (Å²) in [5, 5.41) is 50.2. The van der Waals surface area contributed by atoms with E-state index >= 15 is 0 Å². The third-order valence-corrected chi connectivity index (χ3v) is 12.8. The molecule has 0 saturated heterocycles. The summed E-state index contributed by atoms with van der Waals surface area (Å²) in [6.07, 6.45) is 30.9. The molecule has 0 aromatic rings. The maximum Gasteiger partial charge on any atom is 0.472 e. The van der Waals surface area contributed by atoms with Crippen LogP contribution in [0.2, 0.25) is 0 Å². The van der Waals surface area contributed by atoms with Crippen molar-refractivity contribution < 1.29 is 63.1 Å². The normalized spacial score (nSPS) is 21.8. The molecule has 63 heavy (non-hydrogen) atoms. The molecule has 0 amide bonds. The molecular weight excluding hydrogens is 827 g/mol. The van der Waals surface area contributed by atoms with Crippen LogP contribution in [-0.4, -0.2) is 98.3 Å². The molecule has 1 saturated carbocycles. The van der Waals surface area contributed by atoms with E-state index in [-0.39, 0.29) is 12.8 Å². The SMILES string of the molecule is CCCCCC/C=C\CCCCCCCC(=O)OCC(COP(=O)(O)OC1C(O)C(O)C(O)C(O)C1O)OC(=O)CCCCCCCCCCC/C=C\CCCCCCCCCC. The van der Waals surface area contributed by atoms with Crippen LogP contribution in [0, 0.1) is 0 Å². The van der Waals surface area contributed by atoms with Gasteiger partial charge < -0.3 is 39.9 Å². The zero-order valence-electron chi connectivity index (χ0n) is 39.4. The number of allylic oxidation sites excluding steroid dienone is 4. The lowest BCUT2D eigenvalue weighted by Crippen LogP contribution is -2.64. The Kier molecular flexibility index (Phi) is 37.2. The quantitative estimate of drug-likeness (QED) is 0.0146. The van der Waals surface area contributed by atoms with Gasteiger partial charge in [0.05, 0.1) is 6.61 Å². The molecule has 1 rings (SSSR count). The van der Waals surface area contributed by atoms with Crippen LogP contribution >= 0.6 is 7.82 Å². The van der Waals surface area contributed by atoms with E-state index in [1.807, 2.05) is 0 Å². The van der Waals surface area contributed by atoms with Crippen molar-refractivity contribution >= 4 is 19.8 Å². The van der Waals surface area contributed by atoms with Crippen molar-refractivity contribution in [3.05, 3.63) is 24.3 Å². The highest BCUT2D eigenvalue weighted by atomic mass is 31.2. The number of aliphatic hydroxyl groups is 5. The van der Waals surface area contributed by atoms with Gasteiger partial charge in [0.15, 0.2) is 6.10 Å². The Balaban J connectivity index is 2.39. The fraction of sp³-hybridized carbons (Fsp3) is 0.878. The van der Waals surface area contributed by atoms with Crippen LogP contribution in [0.25, 0.3) is 0 Å². The molecule has 0 heterocycles. The van der Waals surface area contributed by atoms with Gasteiger partial charge in [0, 0.05) is 12.8 Å². The number of rotatable bonds is 42. The van der Waals surface area contributed by atoms with Gasteiger partial charge in [-0.1, -0.05) is 167 Å². The Morgan fingerprint density at radius 1 is 0.476 bits per heavy atom. The van der Waals surface area contributed by atoms with Gasteiger partial charge in [-0.3, -0.25) is 18.6 Å². The minimum atomic E-state index is -5.12. The standard InChI is InChI=1S/C49H91O13P/c1-3-5-7-9-11-13-15-17-18-19-20-21-22-23-24-26-28-30-32-34-36-38-43(51)61-41(40-60-63(57,58)62-49-47(55)45(53)44(52)46(54)48(49)56)39-59-42(50)37-35-33-31-29-27-25-16-14-12-10-8-6-4-2/h14,16,19-20,41,44-49,52-56H,3-13,15,17-18,21-40H2,1-2H3,(H,57,58)/b16-14-,20-19-. The van der Waals surface area contributed by atoms with Crippen LogP contribution in [0.15, 0.2) is 24.3 Å². The summed E-state index contributed by atoms with van der Waals surface area (Å²) in [4.78, 5) is 35.8. The highest BCUT2D eigenvalue weighted by Crippen LogP contribution is 2.47. The van der Waals surface area contributed by atoms with Crippen molar-refractivity contribution in [2.24, 2.45) is 0 Å². The molecule has 0 aromatic heterocycles. The molecule has 370 valence electrons. The van der Waals surface area contributed by atoms with Crippen LogP contribution in [-0.2, 0) is 32.7 Å². The second-order valence-corrected chi connectivity index (χ2v) is 19.1. The van der Waals surface area contributed by atoms with Crippen LogP contribution in [0.3, 0.4) is 0 Å². The van der Waals surface area contributed by atoms with Crippen molar-refractivity contribution in [2.75, 3.05) is 13.2 Å². The number of carbonyl (C=O) groups is 2. The number of esters is 2. The molecule has 0 bridgehead atoms. The number of phosphoric ester groups is 1. The fourth-order valence-corrected chi connectivity index (χ4v) is 8.66. The van der Waals surface area contributed by atoms with E-state index in [4.69, 9.17) is 18.5 Å².